The highest BCUT2D eigenvalue weighted by molar-refractivity contribution is 7.92. The molecule has 0 atom stereocenters. The van der Waals surface area contributed by atoms with Crippen LogP contribution in [0, 0.1) is 25.2 Å². The lowest BCUT2D eigenvalue weighted by atomic mass is 10.2. The second-order valence-electron chi connectivity index (χ2n) is 4.18. The van der Waals surface area contributed by atoms with Crippen LogP contribution in [0.4, 0.5) is 5.82 Å². The van der Waals surface area contributed by atoms with Gasteiger partial charge in [-0.2, -0.15) is 10.4 Å². The number of nitrogens with zero attached hydrogens (tertiary/aromatic N) is 2. The summed E-state index contributed by atoms with van der Waals surface area (Å²) in [4.78, 5) is -0.0989. The van der Waals surface area contributed by atoms with E-state index >= 15 is 0 Å². The first-order valence-corrected chi connectivity index (χ1v) is 7.45. The number of rotatable bonds is 3. The maximum Gasteiger partial charge on any atom is 0.264 e. The van der Waals surface area contributed by atoms with Gasteiger partial charge in [0.2, 0.25) is 0 Å². The number of nitrogens with one attached hydrogen (secondary N) is 2. The third kappa shape index (κ3) is 2.61. The molecule has 2 rings (SSSR count). The van der Waals surface area contributed by atoms with Crippen molar-refractivity contribution in [3.63, 3.8) is 0 Å². The van der Waals surface area contributed by atoms with Crippen molar-refractivity contribution in [3.8, 4) is 6.07 Å². The summed E-state index contributed by atoms with van der Waals surface area (Å²) in [5.74, 6) is 0.225. The lowest BCUT2D eigenvalue weighted by Gasteiger charge is -2.08. The summed E-state index contributed by atoms with van der Waals surface area (Å²) >= 11 is 5.91. The van der Waals surface area contributed by atoms with Crippen molar-refractivity contribution >= 4 is 27.4 Å². The molecule has 0 fully saturated rings. The Balaban J connectivity index is 2.41. The number of halogens is 1. The molecule has 104 valence electrons. The van der Waals surface area contributed by atoms with Crippen molar-refractivity contribution in [2.75, 3.05) is 4.72 Å². The van der Waals surface area contributed by atoms with Crippen LogP contribution in [0.25, 0.3) is 0 Å². The number of sulfonamides is 1. The van der Waals surface area contributed by atoms with E-state index in [-0.39, 0.29) is 15.7 Å². The molecule has 0 saturated heterocycles. The zero-order valence-electron chi connectivity index (χ0n) is 10.7. The molecular formula is C12H11ClN4O2S. The summed E-state index contributed by atoms with van der Waals surface area (Å²) in [6, 6.07) is 5.88. The average Bonchev–Trinajstić information content (AvgIpc) is 2.69. The molecule has 0 saturated carbocycles. The predicted octanol–water partition coefficient (Wildman–Crippen LogP) is 2.35. The highest BCUT2D eigenvalue weighted by atomic mass is 35.5. The van der Waals surface area contributed by atoms with E-state index in [0.29, 0.717) is 11.1 Å². The number of hydrogen-bond acceptors (Lipinski definition) is 4. The highest BCUT2D eigenvalue weighted by Gasteiger charge is 2.20. The van der Waals surface area contributed by atoms with Crippen molar-refractivity contribution in [1.29, 1.82) is 5.26 Å². The Morgan fingerprint density at radius 1 is 1.40 bits per heavy atom. The standard InChI is InChI=1S/C12H11ClN4O2S/c1-7-8(2)15-16-12(7)17-20(18,19)11-4-3-9(6-14)5-10(11)13/h3-5H,1-2H3,(H2,15,16,17). The molecule has 20 heavy (non-hydrogen) atoms. The van der Waals surface area contributed by atoms with Crippen LogP contribution in [-0.4, -0.2) is 18.6 Å². The van der Waals surface area contributed by atoms with Gasteiger partial charge in [0.25, 0.3) is 10.0 Å². The number of hydrogen-bond donors (Lipinski definition) is 2. The number of nitriles is 1. The smallest absolute Gasteiger partial charge is 0.264 e. The third-order valence-electron chi connectivity index (χ3n) is 2.83. The van der Waals surface area contributed by atoms with Crippen molar-refractivity contribution in [2.24, 2.45) is 0 Å². The van der Waals surface area contributed by atoms with Crippen molar-refractivity contribution < 1.29 is 8.42 Å². The van der Waals surface area contributed by atoms with E-state index in [9.17, 15) is 8.42 Å². The summed E-state index contributed by atoms with van der Waals surface area (Å²) in [6.45, 7) is 3.53. The van der Waals surface area contributed by atoms with Gasteiger partial charge in [-0.15, -0.1) is 0 Å². The number of aromatic amines is 1. The van der Waals surface area contributed by atoms with E-state index in [1.54, 1.807) is 13.8 Å². The fourth-order valence-corrected chi connectivity index (χ4v) is 3.17. The Morgan fingerprint density at radius 3 is 2.60 bits per heavy atom. The molecule has 8 heteroatoms. The largest absolute Gasteiger partial charge is 0.280 e. The van der Waals surface area contributed by atoms with Crippen LogP contribution in [-0.2, 0) is 10.0 Å². The van der Waals surface area contributed by atoms with E-state index in [4.69, 9.17) is 16.9 Å². The van der Waals surface area contributed by atoms with Crippen LogP contribution in [0.5, 0.6) is 0 Å². The van der Waals surface area contributed by atoms with Crippen molar-refractivity contribution in [3.05, 3.63) is 40.0 Å². The summed E-state index contributed by atoms with van der Waals surface area (Å²) in [5.41, 5.74) is 1.77. The van der Waals surface area contributed by atoms with E-state index < -0.39 is 10.0 Å². The molecule has 2 aromatic rings. The van der Waals surface area contributed by atoms with Gasteiger partial charge in [-0.25, -0.2) is 8.42 Å². The summed E-state index contributed by atoms with van der Waals surface area (Å²) in [6.07, 6.45) is 0. The molecule has 1 heterocycles. The summed E-state index contributed by atoms with van der Waals surface area (Å²) < 4.78 is 26.9. The number of anilines is 1. The average molecular weight is 311 g/mol. The minimum absolute atomic E-state index is 0.0125. The first-order valence-electron chi connectivity index (χ1n) is 5.59. The quantitative estimate of drug-likeness (QED) is 0.909. The van der Waals surface area contributed by atoms with E-state index in [1.165, 1.54) is 18.2 Å². The lowest BCUT2D eigenvalue weighted by molar-refractivity contribution is 0.601. The van der Waals surface area contributed by atoms with Gasteiger partial charge in [-0.1, -0.05) is 11.6 Å². The van der Waals surface area contributed by atoms with Gasteiger partial charge >= 0.3 is 0 Å². The van der Waals surface area contributed by atoms with Crippen LogP contribution in [0.1, 0.15) is 16.8 Å². The Kier molecular flexibility index (Phi) is 3.70. The molecule has 0 radical (unpaired) electrons. The minimum atomic E-state index is -3.85. The topological polar surface area (TPSA) is 98.6 Å². The Hall–Kier alpha value is -2.04. The van der Waals surface area contributed by atoms with Crippen LogP contribution in [0.3, 0.4) is 0 Å². The maximum absolute atomic E-state index is 12.3. The molecule has 0 unspecified atom stereocenters. The molecule has 0 aliphatic heterocycles. The van der Waals surface area contributed by atoms with Crippen LogP contribution < -0.4 is 4.72 Å². The molecule has 0 spiro atoms. The number of aromatic nitrogens is 2. The van der Waals surface area contributed by atoms with Gasteiger partial charge < -0.3 is 0 Å². The molecule has 1 aromatic heterocycles. The zero-order chi connectivity index (χ0) is 14.9. The molecule has 6 nitrogen and oxygen atoms in total. The fourth-order valence-electron chi connectivity index (χ4n) is 1.56. The minimum Gasteiger partial charge on any atom is -0.280 e. The SMILES string of the molecule is Cc1[nH]nc(NS(=O)(=O)c2ccc(C#N)cc2Cl)c1C. The highest BCUT2D eigenvalue weighted by Crippen LogP contribution is 2.25. The van der Waals surface area contributed by atoms with Crippen molar-refractivity contribution in [2.45, 2.75) is 18.7 Å². The van der Waals surface area contributed by atoms with Gasteiger partial charge in [0.1, 0.15) is 4.90 Å². The van der Waals surface area contributed by atoms with Gasteiger partial charge in [-0.05, 0) is 32.0 Å². The monoisotopic (exact) mass is 310 g/mol. The lowest BCUT2D eigenvalue weighted by Crippen LogP contribution is -2.14. The van der Waals surface area contributed by atoms with Crippen LogP contribution in [0.2, 0.25) is 5.02 Å². The first kappa shape index (κ1) is 14.4. The Morgan fingerprint density at radius 2 is 2.10 bits per heavy atom. The molecule has 0 aliphatic rings. The number of H-pyrrole nitrogens is 1. The van der Waals surface area contributed by atoms with Gasteiger partial charge in [0, 0.05) is 11.3 Å². The van der Waals surface area contributed by atoms with Crippen molar-refractivity contribution in [1.82, 2.24) is 10.2 Å². The van der Waals surface area contributed by atoms with Crippen LogP contribution in [0.15, 0.2) is 23.1 Å². The normalized spacial score (nSPS) is 11.1. The van der Waals surface area contributed by atoms with Gasteiger partial charge in [-0.3, -0.25) is 9.82 Å². The molecule has 1 aromatic carbocycles. The fraction of sp³-hybridized carbons (Fsp3) is 0.167. The number of benzene rings is 1. The number of aryl methyl sites for hydroxylation is 1. The summed E-state index contributed by atoms with van der Waals surface area (Å²) in [5, 5.41) is 15.3. The Bertz CT molecular complexity index is 805. The first-order chi connectivity index (χ1) is 9.35. The molecule has 2 N–H and O–H groups in total. The van der Waals surface area contributed by atoms with Gasteiger partial charge in [0.05, 0.1) is 16.7 Å². The molecule has 0 bridgehead atoms. The summed E-state index contributed by atoms with van der Waals surface area (Å²) in [7, 11) is -3.85. The second kappa shape index (κ2) is 5.15. The van der Waals surface area contributed by atoms with Gasteiger partial charge in [0.15, 0.2) is 5.82 Å². The third-order valence-corrected chi connectivity index (χ3v) is 4.66. The van der Waals surface area contributed by atoms with E-state index in [2.05, 4.69) is 14.9 Å². The molecular weight excluding hydrogens is 300 g/mol. The molecule has 0 aliphatic carbocycles. The van der Waals surface area contributed by atoms with E-state index in [0.717, 1.165) is 5.69 Å². The maximum atomic E-state index is 12.3. The predicted molar refractivity (Wildman–Crippen MR) is 75.0 cm³/mol. The zero-order valence-corrected chi connectivity index (χ0v) is 12.3. The molecule has 0 amide bonds. The Labute approximate surface area is 121 Å². The second-order valence-corrected chi connectivity index (χ2v) is 6.24. The van der Waals surface area contributed by atoms with Crippen LogP contribution >= 0.6 is 11.6 Å². The van der Waals surface area contributed by atoms with E-state index in [1.807, 2.05) is 6.07 Å².